The molecule has 0 spiro atoms. The molecule has 1 amide bonds. The minimum Gasteiger partial charge on any atom is -0.345 e. The van der Waals surface area contributed by atoms with E-state index in [2.05, 4.69) is 28.4 Å². The first kappa shape index (κ1) is 16.3. The van der Waals surface area contributed by atoms with Crippen LogP contribution in [0.15, 0.2) is 60.7 Å². The lowest BCUT2D eigenvalue weighted by molar-refractivity contribution is 0.0946. The molecule has 0 aliphatic carbocycles. The summed E-state index contributed by atoms with van der Waals surface area (Å²) in [6.45, 7) is 3.37. The monoisotopic (exact) mass is 344 g/mol. The van der Waals surface area contributed by atoms with Crippen molar-refractivity contribution in [1.29, 1.82) is 0 Å². The van der Waals surface area contributed by atoms with Gasteiger partial charge in [0.2, 0.25) is 0 Å². The van der Waals surface area contributed by atoms with E-state index in [9.17, 15) is 4.79 Å². The minimum atomic E-state index is -0.190. The van der Waals surface area contributed by atoms with Gasteiger partial charge in [-0.2, -0.15) is 5.10 Å². The Morgan fingerprint density at radius 1 is 1.04 bits per heavy atom. The van der Waals surface area contributed by atoms with E-state index in [-0.39, 0.29) is 5.91 Å². The van der Waals surface area contributed by atoms with Crippen molar-refractivity contribution in [3.63, 3.8) is 0 Å². The summed E-state index contributed by atoms with van der Waals surface area (Å²) in [5, 5.41) is 9.72. The molecule has 5 nitrogen and oxygen atoms in total. The summed E-state index contributed by atoms with van der Waals surface area (Å²) < 4.78 is 2.01. The van der Waals surface area contributed by atoms with E-state index in [0.29, 0.717) is 12.2 Å². The van der Waals surface area contributed by atoms with Crippen molar-refractivity contribution >= 4 is 27.7 Å². The highest BCUT2D eigenvalue weighted by molar-refractivity contribution is 5.95. The zero-order valence-electron chi connectivity index (χ0n) is 14.6. The van der Waals surface area contributed by atoms with Crippen LogP contribution in [0.2, 0.25) is 0 Å². The fourth-order valence-corrected chi connectivity index (χ4v) is 3.16. The molecule has 1 N–H and O–H groups in total. The lowest BCUT2D eigenvalue weighted by Gasteiger charge is -2.04. The van der Waals surface area contributed by atoms with Gasteiger partial charge in [-0.25, -0.2) is 4.98 Å². The number of nitrogens with one attached hydrogen (secondary N) is 1. The third-order valence-electron chi connectivity index (χ3n) is 4.42. The molecule has 5 heteroatoms. The molecular formula is C21H20N4O. The quantitative estimate of drug-likeness (QED) is 0.597. The Balaban J connectivity index is 1.56. The van der Waals surface area contributed by atoms with Gasteiger partial charge in [0.25, 0.3) is 5.91 Å². The van der Waals surface area contributed by atoms with Crippen molar-refractivity contribution in [2.24, 2.45) is 0 Å². The minimum absolute atomic E-state index is 0.190. The molecule has 130 valence electrons. The molecule has 4 rings (SSSR count). The van der Waals surface area contributed by atoms with Crippen molar-refractivity contribution in [2.45, 2.75) is 26.4 Å². The van der Waals surface area contributed by atoms with Gasteiger partial charge in [-0.1, -0.05) is 49.4 Å². The first-order valence-corrected chi connectivity index (χ1v) is 8.84. The summed E-state index contributed by atoms with van der Waals surface area (Å²) in [7, 11) is 0. The number of hydrogen-bond donors (Lipinski definition) is 1. The second-order valence-electron chi connectivity index (χ2n) is 6.26. The summed E-state index contributed by atoms with van der Waals surface area (Å²) in [6.07, 6.45) is 1.01. The standard InChI is InChI=1S/C21H20N4O/c1-2-13-25-20-10-6-4-8-16(20)19(24-25)14-22-21(26)18-12-11-15-7-3-5-9-17(15)23-18/h3-12H,2,13-14H2,1H3,(H,22,26). The number of carbonyl (C=O) groups is 1. The zero-order valence-corrected chi connectivity index (χ0v) is 14.6. The Morgan fingerprint density at radius 2 is 1.85 bits per heavy atom. The lowest BCUT2D eigenvalue weighted by Crippen LogP contribution is -2.24. The van der Waals surface area contributed by atoms with Crippen LogP contribution in [-0.4, -0.2) is 20.7 Å². The molecule has 0 aliphatic rings. The maximum atomic E-state index is 12.5. The number of aryl methyl sites for hydroxylation is 1. The molecule has 0 saturated carbocycles. The van der Waals surface area contributed by atoms with Crippen LogP contribution in [0, 0.1) is 0 Å². The number of aromatic nitrogens is 3. The molecule has 0 unspecified atom stereocenters. The third-order valence-corrected chi connectivity index (χ3v) is 4.42. The molecule has 2 aromatic heterocycles. The summed E-state index contributed by atoms with van der Waals surface area (Å²) in [5.41, 5.74) is 3.21. The number of benzene rings is 2. The normalized spacial score (nSPS) is 11.1. The Hall–Kier alpha value is -3.21. The first-order chi connectivity index (χ1) is 12.8. The van der Waals surface area contributed by atoms with E-state index >= 15 is 0 Å². The summed E-state index contributed by atoms with van der Waals surface area (Å²) in [4.78, 5) is 17.0. The van der Waals surface area contributed by atoms with Crippen LogP contribution in [0.25, 0.3) is 21.8 Å². The molecule has 0 atom stereocenters. The predicted octanol–water partition coefficient (Wildman–Crippen LogP) is 3.92. The molecular weight excluding hydrogens is 324 g/mol. The van der Waals surface area contributed by atoms with Crippen LogP contribution in [-0.2, 0) is 13.1 Å². The van der Waals surface area contributed by atoms with Crippen LogP contribution in [0.5, 0.6) is 0 Å². The number of rotatable bonds is 5. The number of carbonyl (C=O) groups excluding carboxylic acids is 1. The maximum Gasteiger partial charge on any atom is 0.270 e. The van der Waals surface area contributed by atoms with E-state index in [1.165, 1.54) is 0 Å². The average Bonchev–Trinajstić information content (AvgIpc) is 3.04. The van der Waals surface area contributed by atoms with Crippen LogP contribution in [0.1, 0.15) is 29.5 Å². The van der Waals surface area contributed by atoms with Crippen molar-refractivity contribution < 1.29 is 4.79 Å². The van der Waals surface area contributed by atoms with Crippen LogP contribution in [0.3, 0.4) is 0 Å². The number of fused-ring (bicyclic) bond motifs is 2. The van der Waals surface area contributed by atoms with Crippen molar-refractivity contribution in [1.82, 2.24) is 20.1 Å². The van der Waals surface area contributed by atoms with Crippen LogP contribution < -0.4 is 5.32 Å². The van der Waals surface area contributed by atoms with E-state index in [1.807, 2.05) is 53.2 Å². The molecule has 2 aromatic carbocycles. The molecule has 2 heterocycles. The van der Waals surface area contributed by atoms with Gasteiger partial charge in [0.05, 0.1) is 23.3 Å². The third kappa shape index (κ3) is 3.04. The largest absolute Gasteiger partial charge is 0.345 e. The van der Waals surface area contributed by atoms with E-state index in [0.717, 1.165) is 40.5 Å². The summed E-state index contributed by atoms with van der Waals surface area (Å²) in [5.74, 6) is -0.190. The summed E-state index contributed by atoms with van der Waals surface area (Å²) >= 11 is 0. The Labute approximate surface area is 151 Å². The van der Waals surface area contributed by atoms with Gasteiger partial charge < -0.3 is 5.32 Å². The topological polar surface area (TPSA) is 59.8 Å². The van der Waals surface area contributed by atoms with Crippen LogP contribution >= 0.6 is 0 Å². The SMILES string of the molecule is CCCn1nc(CNC(=O)c2ccc3ccccc3n2)c2ccccc21. The second kappa shape index (κ2) is 6.96. The van der Waals surface area contributed by atoms with E-state index in [4.69, 9.17) is 0 Å². The Bertz CT molecular complexity index is 1080. The van der Waals surface area contributed by atoms with Gasteiger partial charge >= 0.3 is 0 Å². The number of nitrogens with zero attached hydrogens (tertiary/aromatic N) is 3. The number of hydrogen-bond acceptors (Lipinski definition) is 3. The van der Waals surface area contributed by atoms with Gasteiger partial charge in [-0.15, -0.1) is 0 Å². The second-order valence-corrected chi connectivity index (χ2v) is 6.26. The lowest BCUT2D eigenvalue weighted by atomic mass is 10.2. The number of amides is 1. The maximum absolute atomic E-state index is 12.5. The Morgan fingerprint density at radius 3 is 2.73 bits per heavy atom. The van der Waals surface area contributed by atoms with Gasteiger partial charge in [0.1, 0.15) is 5.69 Å². The predicted molar refractivity (Wildman–Crippen MR) is 103 cm³/mol. The first-order valence-electron chi connectivity index (χ1n) is 8.84. The zero-order chi connectivity index (χ0) is 17.9. The smallest absolute Gasteiger partial charge is 0.270 e. The fourth-order valence-electron chi connectivity index (χ4n) is 3.16. The highest BCUT2D eigenvalue weighted by Crippen LogP contribution is 2.19. The number of para-hydroxylation sites is 2. The molecule has 0 saturated heterocycles. The highest BCUT2D eigenvalue weighted by Gasteiger charge is 2.12. The van der Waals surface area contributed by atoms with Gasteiger partial charge in [0, 0.05) is 17.3 Å². The molecule has 0 fully saturated rings. The fraction of sp³-hybridized carbons (Fsp3) is 0.190. The van der Waals surface area contributed by atoms with Crippen molar-refractivity contribution in [3.8, 4) is 0 Å². The van der Waals surface area contributed by atoms with Crippen molar-refractivity contribution in [2.75, 3.05) is 0 Å². The average molecular weight is 344 g/mol. The molecule has 4 aromatic rings. The number of pyridine rings is 1. The molecule has 0 aliphatic heterocycles. The van der Waals surface area contributed by atoms with E-state index < -0.39 is 0 Å². The Kier molecular flexibility index (Phi) is 4.35. The molecule has 0 radical (unpaired) electrons. The summed E-state index contributed by atoms with van der Waals surface area (Å²) in [6, 6.07) is 19.6. The van der Waals surface area contributed by atoms with E-state index in [1.54, 1.807) is 6.07 Å². The molecule has 26 heavy (non-hydrogen) atoms. The van der Waals surface area contributed by atoms with Gasteiger partial charge in [-0.3, -0.25) is 9.48 Å². The highest BCUT2D eigenvalue weighted by atomic mass is 16.1. The van der Waals surface area contributed by atoms with Crippen LogP contribution in [0.4, 0.5) is 0 Å². The van der Waals surface area contributed by atoms with Gasteiger partial charge in [0.15, 0.2) is 0 Å². The van der Waals surface area contributed by atoms with Crippen molar-refractivity contribution in [3.05, 3.63) is 72.1 Å². The molecule has 0 bridgehead atoms. The van der Waals surface area contributed by atoms with Gasteiger partial charge in [-0.05, 0) is 24.6 Å².